The molecule has 1 aliphatic heterocycles. The molecule has 8 heteroatoms. The molecule has 0 aromatic heterocycles. The zero-order valence-electron chi connectivity index (χ0n) is 25.0. The van der Waals surface area contributed by atoms with E-state index >= 15 is 0 Å². The van der Waals surface area contributed by atoms with Crippen molar-refractivity contribution >= 4 is 68.9 Å². The van der Waals surface area contributed by atoms with Crippen LogP contribution in [0.4, 0.5) is 11.4 Å². The Hall–Kier alpha value is -4.69. The predicted molar refractivity (Wildman–Crippen MR) is 180 cm³/mol. The third kappa shape index (κ3) is 5.30. The molecular formula is C36H30B2N2O4. The first-order valence-electron chi connectivity index (χ1n) is 14.4. The molecule has 2 N–H and O–H groups in total. The van der Waals surface area contributed by atoms with Gasteiger partial charge in [0.15, 0.2) is 11.4 Å². The minimum absolute atomic E-state index is 0.361. The van der Waals surface area contributed by atoms with Crippen LogP contribution < -0.4 is 10.9 Å². The lowest BCUT2D eigenvalue weighted by atomic mass is 9.76. The summed E-state index contributed by atoms with van der Waals surface area (Å²) >= 11 is 0. The van der Waals surface area contributed by atoms with Crippen molar-refractivity contribution in [1.29, 1.82) is 0 Å². The summed E-state index contributed by atoms with van der Waals surface area (Å²) in [5.74, 6) is 0. The first kappa shape index (κ1) is 29.4. The lowest BCUT2D eigenvalue weighted by molar-refractivity contribution is 0.00578. The first-order valence-corrected chi connectivity index (χ1v) is 14.4. The molecule has 1 heterocycles. The van der Waals surface area contributed by atoms with E-state index < -0.39 is 7.12 Å². The molecule has 0 radical (unpaired) electrons. The van der Waals surface area contributed by atoms with Crippen LogP contribution in [0.2, 0.25) is 0 Å². The third-order valence-corrected chi connectivity index (χ3v) is 8.73. The summed E-state index contributed by atoms with van der Waals surface area (Å²) in [6, 6.07) is 31.6. The van der Waals surface area contributed by atoms with Crippen molar-refractivity contribution in [1.82, 2.24) is 0 Å². The predicted octanol–water partition coefficient (Wildman–Crippen LogP) is 7.02. The van der Waals surface area contributed by atoms with Crippen LogP contribution in [0.5, 0.6) is 0 Å². The minimum Gasteiger partial charge on any atom is -0.423 e. The summed E-state index contributed by atoms with van der Waals surface area (Å²) < 4.78 is 12.6. The molecular weight excluding hydrogens is 546 g/mol. The topological polar surface area (TPSA) is 67.6 Å². The van der Waals surface area contributed by atoms with E-state index in [1.54, 1.807) is 12.1 Å². The maximum absolute atomic E-state index is 8.67. The average molecular weight is 576 g/mol. The fraction of sp³-hybridized carbons (Fsp3) is 0.167. The molecule has 1 fully saturated rings. The second-order valence-electron chi connectivity index (χ2n) is 12.1. The van der Waals surface area contributed by atoms with Crippen LogP contribution >= 0.6 is 0 Å². The molecule has 6 aromatic rings. The van der Waals surface area contributed by atoms with Crippen LogP contribution in [0.25, 0.3) is 53.1 Å². The molecule has 214 valence electrons. The van der Waals surface area contributed by atoms with Gasteiger partial charge in [0.05, 0.1) is 24.3 Å². The van der Waals surface area contributed by atoms with Gasteiger partial charge in [0.1, 0.15) is 0 Å². The molecule has 6 nitrogen and oxygen atoms in total. The number of hydrogen-bond acceptors (Lipinski definition) is 4. The SMILES string of the molecule is [C-]#[N+]c1ccc(-c2cc3ccc4cc(B5OC(C)(C)C(C)(C)O5)cc5ccc(c2)c3c45)cc1.[C-]#[N+]c1ccc(B(O)O)cc1. The molecule has 6 aromatic carbocycles. The molecule has 0 saturated carbocycles. The summed E-state index contributed by atoms with van der Waals surface area (Å²) in [5, 5.41) is 24.7. The van der Waals surface area contributed by atoms with Gasteiger partial charge in [0.2, 0.25) is 0 Å². The van der Waals surface area contributed by atoms with Crippen molar-refractivity contribution in [3.63, 3.8) is 0 Å². The van der Waals surface area contributed by atoms with Crippen molar-refractivity contribution < 1.29 is 19.4 Å². The molecule has 7 rings (SSSR count). The van der Waals surface area contributed by atoms with Gasteiger partial charge in [-0.25, -0.2) is 9.69 Å². The molecule has 0 bridgehead atoms. The first-order chi connectivity index (χ1) is 21.0. The van der Waals surface area contributed by atoms with E-state index in [2.05, 4.69) is 85.9 Å². The molecule has 44 heavy (non-hydrogen) atoms. The maximum Gasteiger partial charge on any atom is 0.494 e. The molecule has 1 aliphatic rings. The van der Waals surface area contributed by atoms with Crippen molar-refractivity contribution in [2.45, 2.75) is 38.9 Å². The fourth-order valence-electron chi connectivity index (χ4n) is 5.59. The van der Waals surface area contributed by atoms with E-state index in [0.717, 1.165) is 16.6 Å². The van der Waals surface area contributed by atoms with Crippen LogP contribution in [-0.4, -0.2) is 35.5 Å². The van der Waals surface area contributed by atoms with Crippen molar-refractivity contribution in [2.75, 3.05) is 0 Å². The Morgan fingerprint density at radius 2 is 1.00 bits per heavy atom. The highest BCUT2D eigenvalue weighted by molar-refractivity contribution is 6.63. The van der Waals surface area contributed by atoms with Crippen LogP contribution in [-0.2, 0) is 9.31 Å². The Bertz CT molecular complexity index is 1990. The molecule has 0 aliphatic carbocycles. The van der Waals surface area contributed by atoms with Gasteiger partial charge in [-0.15, -0.1) is 0 Å². The summed E-state index contributed by atoms with van der Waals surface area (Å²) in [6.07, 6.45) is 0. The average Bonchev–Trinajstić information content (AvgIpc) is 3.25. The normalized spacial score (nSPS) is 15.1. The fourth-order valence-corrected chi connectivity index (χ4v) is 5.59. The van der Waals surface area contributed by atoms with Gasteiger partial charge in [-0.3, -0.25) is 0 Å². The van der Waals surface area contributed by atoms with E-state index in [9.17, 15) is 0 Å². The van der Waals surface area contributed by atoms with Crippen molar-refractivity contribution in [3.05, 3.63) is 120 Å². The van der Waals surface area contributed by atoms with Crippen LogP contribution in [0.3, 0.4) is 0 Å². The number of hydrogen-bond donors (Lipinski definition) is 2. The van der Waals surface area contributed by atoms with E-state index in [1.807, 2.05) is 24.3 Å². The Labute approximate surface area is 257 Å². The van der Waals surface area contributed by atoms with E-state index in [1.165, 1.54) is 44.5 Å². The quantitative estimate of drug-likeness (QED) is 0.135. The lowest BCUT2D eigenvalue weighted by Crippen LogP contribution is -2.41. The van der Waals surface area contributed by atoms with Crippen LogP contribution in [0, 0.1) is 13.1 Å². The Balaban J connectivity index is 0.000000265. The monoisotopic (exact) mass is 576 g/mol. The standard InChI is InChI=1S/C29H24BNO2.C7H6BNO2/c1-28(2)29(3,4)33-30(32-28)24-16-21-8-6-19-14-23(18-10-12-25(31-5)13-11-18)15-20-7-9-22(17-24)27(21)26(19)20;1-9-7-4-2-6(3-5-7)8(10)11/h6-17H,1-4H3;2-5,10-11H. The second kappa shape index (κ2) is 11.1. The van der Waals surface area contributed by atoms with Gasteiger partial charge in [0.25, 0.3) is 0 Å². The van der Waals surface area contributed by atoms with Gasteiger partial charge in [-0.05, 0) is 94.2 Å². The highest BCUT2D eigenvalue weighted by atomic mass is 16.7. The minimum atomic E-state index is -1.45. The largest absolute Gasteiger partial charge is 0.494 e. The Morgan fingerprint density at radius 3 is 1.41 bits per heavy atom. The van der Waals surface area contributed by atoms with Crippen LogP contribution in [0.15, 0.2) is 97.1 Å². The smallest absolute Gasteiger partial charge is 0.423 e. The van der Waals surface area contributed by atoms with Gasteiger partial charge in [-0.1, -0.05) is 84.9 Å². The van der Waals surface area contributed by atoms with E-state index in [0.29, 0.717) is 16.8 Å². The molecule has 0 amide bonds. The Kier molecular flexibility index (Phi) is 7.41. The highest BCUT2D eigenvalue weighted by Gasteiger charge is 2.51. The summed E-state index contributed by atoms with van der Waals surface area (Å²) in [4.78, 5) is 6.66. The van der Waals surface area contributed by atoms with Crippen molar-refractivity contribution in [3.8, 4) is 11.1 Å². The highest BCUT2D eigenvalue weighted by Crippen LogP contribution is 2.39. The number of rotatable bonds is 3. The van der Waals surface area contributed by atoms with Gasteiger partial charge < -0.3 is 19.4 Å². The molecule has 0 atom stereocenters. The van der Waals surface area contributed by atoms with E-state index in [4.69, 9.17) is 32.5 Å². The Morgan fingerprint density at radius 1 is 0.591 bits per heavy atom. The van der Waals surface area contributed by atoms with Gasteiger partial charge >= 0.3 is 14.2 Å². The zero-order valence-corrected chi connectivity index (χ0v) is 25.0. The molecule has 0 unspecified atom stereocenters. The van der Waals surface area contributed by atoms with Gasteiger partial charge in [-0.2, -0.15) is 0 Å². The number of nitrogens with zero attached hydrogens (tertiary/aromatic N) is 2. The molecule has 1 saturated heterocycles. The summed E-state index contributed by atoms with van der Waals surface area (Å²) in [6.45, 7) is 22.2. The zero-order chi connectivity index (χ0) is 31.2. The summed E-state index contributed by atoms with van der Waals surface area (Å²) in [5.41, 5.74) is 4.17. The molecule has 0 spiro atoms. The maximum atomic E-state index is 8.67. The third-order valence-electron chi connectivity index (χ3n) is 8.73. The van der Waals surface area contributed by atoms with Crippen molar-refractivity contribution in [2.24, 2.45) is 0 Å². The summed E-state index contributed by atoms with van der Waals surface area (Å²) in [7, 11) is -1.82. The van der Waals surface area contributed by atoms with Gasteiger partial charge in [0, 0.05) is 0 Å². The number of benzene rings is 6. The van der Waals surface area contributed by atoms with Crippen LogP contribution in [0.1, 0.15) is 27.7 Å². The second-order valence-corrected chi connectivity index (χ2v) is 12.1. The lowest BCUT2D eigenvalue weighted by Gasteiger charge is -2.32. The van der Waals surface area contributed by atoms with E-state index in [-0.39, 0.29) is 18.3 Å².